The van der Waals surface area contributed by atoms with Gasteiger partial charge in [-0.2, -0.15) is 0 Å². The number of para-hydroxylation sites is 1. The second-order valence-electron chi connectivity index (χ2n) is 4.66. The van der Waals surface area contributed by atoms with Gasteiger partial charge in [-0.15, -0.1) is 0 Å². The van der Waals surface area contributed by atoms with Gasteiger partial charge in [0.2, 0.25) is 0 Å². The molecule has 0 bridgehead atoms. The van der Waals surface area contributed by atoms with Crippen LogP contribution in [-0.2, 0) is 10.0 Å². The second kappa shape index (κ2) is 5.97. The predicted molar refractivity (Wildman–Crippen MR) is 85.4 cm³/mol. The van der Waals surface area contributed by atoms with Crippen LogP contribution in [0.25, 0.3) is 0 Å². The first-order valence-electron chi connectivity index (χ1n) is 6.28. The maximum Gasteiger partial charge on any atom is 0.264 e. The summed E-state index contributed by atoms with van der Waals surface area (Å²) >= 11 is 3.42. The molecule has 0 aliphatic carbocycles. The number of hydrogen-bond acceptors (Lipinski definition) is 2. The summed E-state index contributed by atoms with van der Waals surface area (Å²) in [6.07, 6.45) is 0. The molecule has 0 saturated carbocycles. The van der Waals surface area contributed by atoms with Gasteiger partial charge in [0.25, 0.3) is 10.0 Å². The molecule has 0 aliphatic rings. The molecule has 3 nitrogen and oxygen atoms in total. The first kappa shape index (κ1) is 15.1. The first-order chi connectivity index (χ1) is 9.44. The SMILES string of the molecule is CC(C)N(c1ccccc1Br)S(=O)(=O)c1ccccc1. The van der Waals surface area contributed by atoms with E-state index in [-0.39, 0.29) is 6.04 Å². The number of sulfonamides is 1. The molecule has 0 radical (unpaired) electrons. The number of benzene rings is 2. The van der Waals surface area contributed by atoms with Gasteiger partial charge in [0.15, 0.2) is 0 Å². The van der Waals surface area contributed by atoms with Gasteiger partial charge in [-0.3, -0.25) is 4.31 Å². The van der Waals surface area contributed by atoms with E-state index in [4.69, 9.17) is 0 Å². The summed E-state index contributed by atoms with van der Waals surface area (Å²) in [4.78, 5) is 0.296. The van der Waals surface area contributed by atoms with Crippen LogP contribution in [0.5, 0.6) is 0 Å². The van der Waals surface area contributed by atoms with E-state index in [0.29, 0.717) is 10.6 Å². The van der Waals surface area contributed by atoms with Crippen molar-refractivity contribution in [2.45, 2.75) is 24.8 Å². The fraction of sp³-hybridized carbons (Fsp3) is 0.200. The van der Waals surface area contributed by atoms with E-state index >= 15 is 0 Å². The zero-order valence-electron chi connectivity index (χ0n) is 11.3. The molecule has 0 saturated heterocycles. The molecular formula is C15H16BrNO2S. The minimum absolute atomic E-state index is 0.182. The van der Waals surface area contributed by atoms with Gasteiger partial charge in [-0.25, -0.2) is 8.42 Å². The van der Waals surface area contributed by atoms with Gasteiger partial charge in [-0.1, -0.05) is 30.3 Å². The largest absolute Gasteiger partial charge is 0.264 e. The van der Waals surface area contributed by atoms with Crippen LogP contribution < -0.4 is 4.31 Å². The summed E-state index contributed by atoms with van der Waals surface area (Å²) in [6.45, 7) is 3.72. The normalized spacial score (nSPS) is 11.6. The van der Waals surface area contributed by atoms with Crippen molar-refractivity contribution in [1.82, 2.24) is 0 Å². The molecule has 0 fully saturated rings. The van der Waals surface area contributed by atoms with Crippen molar-refractivity contribution in [1.29, 1.82) is 0 Å². The third-order valence-electron chi connectivity index (χ3n) is 2.86. The number of hydrogen-bond donors (Lipinski definition) is 0. The molecule has 0 atom stereocenters. The van der Waals surface area contributed by atoms with Gasteiger partial charge in [-0.05, 0) is 54.0 Å². The van der Waals surface area contributed by atoms with Gasteiger partial charge in [0.05, 0.1) is 10.6 Å². The van der Waals surface area contributed by atoms with E-state index in [9.17, 15) is 8.42 Å². The average Bonchev–Trinajstić information content (AvgIpc) is 2.42. The highest BCUT2D eigenvalue weighted by atomic mass is 79.9. The molecule has 2 aromatic rings. The molecule has 20 heavy (non-hydrogen) atoms. The van der Waals surface area contributed by atoms with Crippen molar-refractivity contribution in [3.05, 3.63) is 59.1 Å². The molecular weight excluding hydrogens is 338 g/mol. The summed E-state index contributed by atoms with van der Waals surface area (Å²) in [6, 6.07) is 15.6. The average molecular weight is 354 g/mol. The summed E-state index contributed by atoms with van der Waals surface area (Å²) in [5, 5.41) is 0. The quantitative estimate of drug-likeness (QED) is 0.831. The fourth-order valence-corrected chi connectivity index (χ4v) is 4.32. The molecule has 0 aromatic heterocycles. The van der Waals surface area contributed by atoms with Crippen molar-refractivity contribution < 1.29 is 8.42 Å². The maximum absolute atomic E-state index is 12.8. The Kier molecular flexibility index (Phi) is 4.50. The lowest BCUT2D eigenvalue weighted by molar-refractivity contribution is 0.584. The summed E-state index contributed by atoms with van der Waals surface area (Å²) in [5.41, 5.74) is 0.645. The number of nitrogens with zero attached hydrogens (tertiary/aromatic N) is 1. The van der Waals surface area contributed by atoms with Crippen molar-refractivity contribution in [2.24, 2.45) is 0 Å². The Balaban J connectivity index is 2.58. The Hall–Kier alpha value is -1.33. The van der Waals surface area contributed by atoms with Crippen LogP contribution in [0.1, 0.15) is 13.8 Å². The van der Waals surface area contributed by atoms with Crippen molar-refractivity contribution in [3.8, 4) is 0 Å². The van der Waals surface area contributed by atoms with Crippen LogP contribution >= 0.6 is 15.9 Å². The first-order valence-corrected chi connectivity index (χ1v) is 8.52. The molecule has 2 rings (SSSR count). The van der Waals surface area contributed by atoms with E-state index in [0.717, 1.165) is 4.47 Å². The smallest absolute Gasteiger partial charge is 0.263 e. The second-order valence-corrected chi connectivity index (χ2v) is 7.33. The maximum atomic E-state index is 12.8. The van der Waals surface area contributed by atoms with Crippen LogP contribution in [0.15, 0.2) is 64.0 Å². The van der Waals surface area contributed by atoms with E-state index in [1.165, 1.54) is 4.31 Å². The van der Waals surface area contributed by atoms with E-state index in [1.807, 2.05) is 32.0 Å². The van der Waals surface area contributed by atoms with Crippen molar-refractivity contribution >= 4 is 31.6 Å². The lowest BCUT2D eigenvalue weighted by Gasteiger charge is -2.29. The van der Waals surface area contributed by atoms with Crippen LogP contribution in [0.4, 0.5) is 5.69 Å². The minimum Gasteiger partial charge on any atom is -0.263 e. The number of anilines is 1. The molecule has 0 spiro atoms. The molecule has 2 aromatic carbocycles. The Morgan fingerprint density at radius 2 is 1.50 bits per heavy atom. The Morgan fingerprint density at radius 1 is 0.950 bits per heavy atom. The standard InChI is InChI=1S/C15H16BrNO2S/c1-12(2)17(15-11-7-6-10-14(15)16)20(18,19)13-8-4-3-5-9-13/h3-12H,1-2H3. The lowest BCUT2D eigenvalue weighted by Crippen LogP contribution is -2.37. The minimum atomic E-state index is -3.57. The molecule has 0 N–H and O–H groups in total. The number of rotatable bonds is 4. The third kappa shape index (κ3) is 2.88. The fourth-order valence-electron chi connectivity index (χ4n) is 2.02. The monoisotopic (exact) mass is 353 g/mol. The molecule has 0 aliphatic heterocycles. The van der Waals surface area contributed by atoms with E-state index in [1.54, 1.807) is 36.4 Å². The third-order valence-corrected chi connectivity index (χ3v) is 5.53. The topological polar surface area (TPSA) is 37.4 Å². The highest BCUT2D eigenvalue weighted by molar-refractivity contribution is 9.10. The van der Waals surface area contributed by atoms with Crippen LogP contribution in [0, 0.1) is 0 Å². The molecule has 106 valence electrons. The van der Waals surface area contributed by atoms with Crippen molar-refractivity contribution in [3.63, 3.8) is 0 Å². The van der Waals surface area contributed by atoms with Crippen molar-refractivity contribution in [2.75, 3.05) is 4.31 Å². The lowest BCUT2D eigenvalue weighted by atomic mass is 10.3. The van der Waals surface area contributed by atoms with E-state index < -0.39 is 10.0 Å². The zero-order chi connectivity index (χ0) is 14.8. The van der Waals surface area contributed by atoms with Crippen LogP contribution in [-0.4, -0.2) is 14.5 Å². The summed E-state index contributed by atoms with van der Waals surface area (Å²) in [5.74, 6) is 0. The molecule has 5 heteroatoms. The molecule has 0 amide bonds. The van der Waals surface area contributed by atoms with Crippen LogP contribution in [0.2, 0.25) is 0 Å². The highest BCUT2D eigenvalue weighted by Crippen LogP contribution is 2.32. The molecule has 0 unspecified atom stereocenters. The van der Waals surface area contributed by atoms with Gasteiger partial charge in [0, 0.05) is 10.5 Å². The summed E-state index contributed by atoms with van der Waals surface area (Å²) < 4.78 is 27.9. The predicted octanol–water partition coefficient (Wildman–Crippen LogP) is 4.05. The Bertz CT molecular complexity index is 684. The van der Waals surface area contributed by atoms with Gasteiger partial charge >= 0.3 is 0 Å². The Morgan fingerprint density at radius 3 is 2.05 bits per heavy atom. The molecule has 0 heterocycles. The zero-order valence-corrected chi connectivity index (χ0v) is 13.7. The number of halogens is 1. The van der Waals surface area contributed by atoms with E-state index in [2.05, 4.69) is 15.9 Å². The highest BCUT2D eigenvalue weighted by Gasteiger charge is 2.28. The van der Waals surface area contributed by atoms with Crippen LogP contribution in [0.3, 0.4) is 0 Å². The summed E-state index contributed by atoms with van der Waals surface area (Å²) in [7, 11) is -3.57. The Labute approximate surface area is 128 Å². The van der Waals surface area contributed by atoms with Gasteiger partial charge in [0.1, 0.15) is 0 Å². The van der Waals surface area contributed by atoms with Gasteiger partial charge < -0.3 is 0 Å².